The molecule has 1 aliphatic heterocycles. The maximum absolute atomic E-state index is 12.9. The molecule has 0 atom stereocenters. The third kappa shape index (κ3) is 3.05. The van der Waals surface area contributed by atoms with Crippen molar-refractivity contribution in [2.75, 3.05) is 18.4 Å². The summed E-state index contributed by atoms with van der Waals surface area (Å²) < 4.78 is 12.9. The molecule has 1 fully saturated rings. The Bertz CT molecular complexity index is 404. The average molecular weight is 238 g/mol. The van der Waals surface area contributed by atoms with Gasteiger partial charge < -0.3 is 16.0 Å². The maximum Gasteiger partial charge on any atom is 0.314 e. The van der Waals surface area contributed by atoms with Crippen LogP contribution in [0, 0.1) is 5.95 Å². The van der Waals surface area contributed by atoms with Gasteiger partial charge in [-0.25, -0.2) is 9.78 Å². The number of hydrogen-bond donors (Lipinski definition) is 2. The van der Waals surface area contributed by atoms with Gasteiger partial charge in [0.15, 0.2) is 0 Å². The summed E-state index contributed by atoms with van der Waals surface area (Å²) >= 11 is 0. The molecule has 0 bridgehead atoms. The number of nitrogens with two attached hydrogens (primary N) is 1. The van der Waals surface area contributed by atoms with Crippen molar-refractivity contribution in [3.05, 3.63) is 24.1 Å². The molecule has 17 heavy (non-hydrogen) atoms. The minimum Gasteiger partial charge on any atom is -0.367 e. The molecule has 6 heteroatoms. The van der Waals surface area contributed by atoms with Crippen LogP contribution in [0.3, 0.4) is 0 Å². The van der Waals surface area contributed by atoms with Crippen LogP contribution in [0.1, 0.15) is 12.8 Å². The number of pyridine rings is 1. The van der Waals surface area contributed by atoms with Gasteiger partial charge in [-0.3, -0.25) is 0 Å². The molecule has 0 spiro atoms. The number of rotatable bonds is 2. The first kappa shape index (κ1) is 11.6. The normalized spacial score (nSPS) is 16.9. The predicted octanol–water partition coefficient (Wildman–Crippen LogP) is 1.18. The zero-order chi connectivity index (χ0) is 12.3. The summed E-state index contributed by atoms with van der Waals surface area (Å²) in [5.74, 6) is 0.0343. The summed E-state index contributed by atoms with van der Waals surface area (Å²) in [5, 5.41) is 3.15. The zero-order valence-electron chi connectivity index (χ0n) is 9.40. The lowest BCUT2D eigenvalue weighted by molar-refractivity contribution is 0.193. The van der Waals surface area contributed by atoms with Gasteiger partial charge in [-0.05, 0) is 25.0 Å². The predicted molar refractivity (Wildman–Crippen MR) is 62.0 cm³/mol. The Morgan fingerprint density at radius 2 is 2.18 bits per heavy atom. The van der Waals surface area contributed by atoms with Gasteiger partial charge in [0, 0.05) is 19.1 Å². The van der Waals surface area contributed by atoms with E-state index in [2.05, 4.69) is 10.3 Å². The number of halogens is 1. The van der Waals surface area contributed by atoms with Gasteiger partial charge in [-0.1, -0.05) is 6.07 Å². The summed E-state index contributed by atoms with van der Waals surface area (Å²) in [5.41, 5.74) is 5.19. The summed E-state index contributed by atoms with van der Waals surface area (Å²) in [6.07, 6.45) is 1.59. The van der Waals surface area contributed by atoms with Gasteiger partial charge in [0.1, 0.15) is 5.82 Å². The van der Waals surface area contributed by atoms with Gasteiger partial charge in [-0.2, -0.15) is 4.39 Å². The van der Waals surface area contributed by atoms with E-state index >= 15 is 0 Å². The second-order valence-corrected chi connectivity index (χ2v) is 4.09. The zero-order valence-corrected chi connectivity index (χ0v) is 9.40. The van der Waals surface area contributed by atoms with E-state index in [9.17, 15) is 9.18 Å². The first-order valence-electron chi connectivity index (χ1n) is 5.58. The Morgan fingerprint density at radius 3 is 2.76 bits per heavy atom. The van der Waals surface area contributed by atoms with Crippen LogP contribution in [0.5, 0.6) is 0 Å². The minimum absolute atomic E-state index is 0.208. The Hall–Kier alpha value is -1.85. The van der Waals surface area contributed by atoms with Crippen LogP contribution in [0.4, 0.5) is 15.0 Å². The van der Waals surface area contributed by atoms with E-state index in [1.54, 1.807) is 17.0 Å². The summed E-state index contributed by atoms with van der Waals surface area (Å²) in [7, 11) is 0. The second kappa shape index (κ2) is 4.99. The maximum atomic E-state index is 12.9. The highest BCUT2D eigenvalue weighted by molar-refractivity contribution is 5.72. The molecule has 0 unspecified atom stereocenters. The second-order valence-electron chi connectivity index (χ2n) is 4.09. The van der Waals surface area contributed by atoms with E-state index < -0.39 is 5.95 Å². The van der Waals surface area contributed by atoms with Crippen LogP contribution in [0.25, 0.3) is 0 Å². The smallest absolute Gasteiger partial charge is 0.314 e. The Labute approximate surface area is 98.8 Å². The van der Waals surface area contributed by atoms with Crippen molar-refractivity contribution in [1.82, 2.24) is 9.88 Å². The monoisotopic (exact) mass is 238 g/mol. The number of amides is 2. The van der Waals surface area contributed by atoms with Gasteiger partial charge in [0.2, 0.25) is 5.95 Å². The number of primary amides is 1. The lowest BCUT2D eigenvalue weighted by atomic mass is 10.1. The largest absolute Gasteiger partial charge is 0.367 e. The highest BCUT2D eigenvalue weighted by Crippen LogP contribution is 2.15. The molecule has 2 rings (SSSR count). The SMILES string of the molecule is NC(=O)N1CCC(Nc2cccc(F)n2)CC1. The summed E-state index contributed by atoms with van der Waals surface area (Å²) in [6.45, 7) is 1.25. The molecule has 0 radical (unpaired) electrons. The highest BCUT2D eigenvalue weighted by Gasteiger charge is 2.21. The fourth-order valence-corrected chi connectivity index (χ4v) is 1.94. The summed E-state index contributed by atoms with van der Waals surface area (Å²) in [4.78, 5) is 16.3. The van der Waals surface area contributed by atoms with E-state index in [-0.39, 0.29) is 12.1 Å². The highest BCUT2D eigenvalue weighted by atomic mass is 19.1. The van der Waals surface area contributed by atoms with E-state index in [4.69, 9.17) is 5.73 Å². The Morgan fingerprint density at radius 1 is 1.47 bits per heavy atom. The Kier molecular flexibility index (Phi) is 3.41. The van der Waals surface area contributed by atoms with Crippen molar-refractivity contribution in [2.24, 2.45) is 5.73 Å². The molecule has 0 aliphatic carbocycles. The fraction of sp³-hybridized carbons (Fsp3) is 0.455. The molecular formula is C11H15FN4O. The van der Waals surface area contributed by atoms with Crippen molar-refractivity contribution in [1.29, 1.82) is 0 Å². The number of nitrogens with one attached hydrogen (secondary N) is 1. The molecule has 3 N–H and O–H groups in total. The van der Waals surface area contributed by atoms with Gasteiger partial charge in [-0.15, -0.1) is 0 Å². The molecule has 2 amide bonds. The number of piperidine rings is 1. The number of carbonyl (C=O) groups is 1. The van der Waals surface area contributed by atoms with Crippen molar-refractivity contribution in [3.8, 4) is 0 Å². The third-order valence-electron chi connectivity index (χ3n) is 2.87. The van der Waals surface area contributed by atoms with Crippen LogP contribution < -0.4 is 11.1 Å². The number of aromatic nitrogens is 1. The topological polar surface area (TPSA) is 71.2 Å². The van der Waals surface area contributed by atoms with E-state index in [1.165, 1.54) is 6.07 Å². The quantitative estimate of drug-likeness (QED) is 0.760. The first-order chi connectivity index (χ1) is 8.15. The third-order valence-corrected chi connectivity index (χ3v) is 2.87. The molecule has 2 heterocycles. The van der Waals surface area contributed by atoms with Crippen LogP contribution >= 0.6 is 0 Å². The number of nitrogens with zero attached hydrogens (tertiary/aromatic N) is 2. The van der Waals surface area contributed by atoms with Crippen molar-refractivity contribution in [3.63, 3.8) is 0 Å². The van der Waals surface area contributed by atoms with E-state index in [0.717, 1.165) is 12.8 Å². The molecular weight excluding hydrogens is 223 g/mol. The number of hydrogen-bond acceptors (Lipinski definition) is 3. The van der Waals surface area contributed by atoms with Gasteiger partial charge in [0.25, 0.3) is 0 Å². The minimum atomic E-state index is -0.496. The van der Waals surface area contributed by atoms with Crippen LogP contribution in [0.15, 0.2) is 18.2 Å². The van der Waals surface area contributed by atoms with Gasteiger partial charge in [0.05, 0.1) is 0 Å². The van der Waals surface area contributed by atoms with Crippen LogP contribution in [-0.2, 0) is 0 Å². The number of likely N-dealkylation sites (tertiary alicyclic amines) is 1. The molecule has 1 aromatic rings. The molecule has 92 valence electrons. The Balaban J connectivity index is 1.88. The lowest BCUT2D eigenvalue weighted by Crippen LogP contribution is -2.44. The van der Waals surface area contributed by atoms with Crippen molar-refractivity contribution < 1.29 is 9.18 Å². The molecule has 1 saturated heterocycles. The summed E-state index contributed by atoms with van der Waals surface area (Å²) in [6, 6.07) is 4.47. The lowest BCUT2D eigenvalue weighted by Gasteiger charge is -2.31. The van der Waals surface area contributed by atoms with Crippen LogP contribution in [0.2, 0.25) is 0 Å². The standard InChI is InChI=1S/C11H15FN4O/c12-9-2-1-3-10(15-9)14-8-4-6-16(7-5-8)11(13)17/h1-3,8H,4-7H2,(H2,13,17)(H,14,15). The fourth-order valence-electron chi connectivity index (χ4n) is 1.94. The molecule has 1 aromatic heterocycles. The average Bonchev–Trinajstić information content (AvgIpc) is 2.29. The molecule has 5 nitrogen and oxygen atoms in total. The first-order valence-corrected chi connectivity index (χ1v) is 5.58. The number of urea groups is 1. The number of anilines is 1. The van der Waals surface area contributed by atoms with Crippen molar-refractivity contribution in [2.45, 2.75) is 18.9 Å². The van der Waals surface area contributed by atoms with Gasteiger partial charge >= 0.3 is 6.03 Å². The van der Waals surface area contributed by atoms with E-state index in [0.29, 0.717) is 18.9 Å². The van der Waals surface area contributed by atoms with Crippen LogP contribution in [-0.4, -0.2) is 35.0 Å². The van der Waals surface area contributed by atoms with E-state index in [1.807, 2.05) is 0 Å². The molecule has 0 saturated carbocycles. The molecule has 0 aromatic carbocycles. The molecule has 1 aliphatic rings. The number of carbonyl (C=O) groups excluding carboxylic acids is 1. The van der Waals surface area contributed by atoms with Crippen molar-refractivity contribution >= 4 is 11.8 Å².